The molecule has 4 nitrogen and oxygen atoms in total. The van der Waals surface area contributed by atoms with Crippen molar-refractivity contribution in [2.75, 3.05) is 6.61 Å². The van der Waals surface area contributed by atoms with Crippen LogP contribution in [0.15, 0.2) is 18.6 Å². The Kier molecular flexibility index (Phi) is 2.54. The van der Waals surface area contributed by atoms with Gasteiger partial charge < -0.3 is 4.74 Å². The van der Waals surface area contributed by atoms with E-state index in [4.69, 9.17) is 10.1 Å². The van der Waals surface area contributed by atoms with Crippen LogP contribution in [0.2, 0.25) is 0 Å². The van der Waals surface area contributed by atoms with E-state index in [1.165, 1.54) is 12.4 Å². The van der Waals surface area contributed by atoms with Crippen LogP contribution in [0.1, 0.15) is 12.6 Å². The van der Waals surface area contributed by atoms with Crippen LogP contribution < -0.4 is 0 Å². The molecular weight excluding hydrogens is 142 g/mol. The van der Waals surface area contributed by atoms with Crippen LogP contribution in [0.5, 0.6) is 0 Å². The van der Waals surface area contributed by atoms with E-state index < -0.39 is 0 Å². The fraction of sp³-hybridized carbons (Fsp3) is 0.286. The fourth-order valence-electron chi connectivity index (χ4n) is 0.635. The maximum absolute atomic E-state index is 7.30. The number of nitrogens with one attached hydrogen (secondary N) is 1. The van der Waals surface area contributed by atoms with Crippen LogP contribution in [0.3, 0.4) is 0 Å². The SMILES string of the molecule is CCOC(=N)c1cnccn1. The molecule has 1 aromatic heterocycles. The number of hydrogen-bond acceptors (Lipinski definition) is 4. The minimum absolute atomic E-state index is 0.0700. The highest BCUT2D eigenvalue weighted by atomic mass is 16.5. The van der Waals surface area contributed by atoms with Crippen molar-refractivity contribution in [2.45, 2.75) is 6.92 Å². The monoisotopic (exact) mass is 151 g/mol. The zero-order valence-electron chi connectivity index (χ0n) is 6.24. The number of hydrogen-bond donors (Lipinski definition) is 1. The molecule has 1 rings (SSSR count). The fourth-order valence-corrected chi connectivity index (χ4v) is 0.635. The highest BCUT2D eigenvalue weighted by Crippen LogP contribution is 1.92. The van der Waals surface area contributed by atoms with Gasteiger partial charge in [-0.1, -0.05) is 0 Å². The number of nitrogens with zero attached hydrogens (tertiary/aromatic N) is 2. The Balaban J connectivity index is 2.69. The van der Waals surface area contributed by atoms with Gasteiger partial charge in [-0.25, -0.2) is 4.98 Å². The Morgan fingerprint density at radius 3 is 3.00 bits per heavy atom. The van der Waals surface area contributed by atoms with Crippen molar-refractivity contribution in [2.24, 2.45) is 0 Å². The number of rotatable bonds is 2. The molecule has 58 valence electrons. The topological polar surface area (TPSA) is 58.9 Å². The lowest BCUT2D eigenvalue weighted by Gasteiger charge is -2.01. The first-order valence-electron chi connectivity index (χ1n) is 3.32. The van der Waals surface area contributed by atoms with Crippen LogP contribution in [-0.4, -0.2) is 22.5 Å². The predicted molar refractivity (Wildman–Crippen MR) is 40.5 cm³/mol. The maximum atomic E-state index is 7.30. The molecule has 0 fully saturated rings. The van der Waals surface area contributed by atoms with E-state index in [-0.39, 0.29) is 5.90 Å². The molecule has 0 unspecified atom stereocenters. The molecule has 11 heavy (non-hydrogen) atoms. The van der Waals surface area contributed by atoms with E-state index in [9.17, 15) is 0 Å². The summed E-state index contributed by atoms with van der Waals surface area (Å²) in [6.45, 7) is 2.31. The van der Waals surface area contributed by atoms with Crippen molar-refractivity contribution in [3.63, 3.8) is 0 Å². The molecule has 0 saturated heterocycles. The number of aromatic nitrogens is 2. The summed E-state index contributed by atoms with van der Waals surface area (Å²) >= 11 is 0. The zero-order chi connectivity index (χ0) is 8.10. The Morgan fingerprint density at radius 1 is 1.64 bits per heavy atom. The molecule has 1 heterocycles. The largest absolute Gasteiger partial charge is 0.477 e. The predicted octanol–water partition coefficient (Wildman–Crippen LogP) is 0.838. The molecule has 0 atom stereocenters. The van der Waals surface area contributed by atoms with E-state index in [0.29, 0.717) is 12.3 Å². The van der Waals surface area contributed by atoms with Gasteiger partial charge in [0.05, 0.1) is 12.8 Å². The second kappa shape index (κ2) is 3.65. The smallest absolute Gasteiger partial charge is 0.234 e. The van der Waals surface area contributed by atoms with Crippen molar-refractivity contribution < 1.29 is 4.74 Å². The Morgan fingerprint density at radius 2 is 2.45 bits per heavy atom. The van der Waals surface area contributed by atoms with Crippen molar-refractivity contribution in [3.05, 3.63) is 24.3 Å². The third-order valence-corrected chi connectivity index (χ3v) is 1.08. The van der Waals surface area contributed by atoms with E-state index in [2.05, 4.69) is 9.97 Å². The molecule has 0 aliphatic rings. The van der Waals surface area contributed by atoms with Crippen molar-refractivity contribution >= 4 is 5.90 Å². The molecule has 1 N–H and O–H groups in total. The van der Waals surface area contributed by atoms with Gasteiger partial charge in [0.15, 0.2) is 0 Å². The van der Waals surface area contributed by atoms with E-state index >= 15 is 0 Å². The van der Waals surface area contributed by atoms with Gasteiger partial charge in [-0.2, -0.15) is 0 Å². The third kappa shape index (κ3) is 2.00. The van der Waals surface area contributed by atoms with Gasteiger partial charge in [-0.15, -0.1) is 0 Å². The molecule has 0 amide bonds. The second-order valence-corrected chi connectivity index (χ2v) is 1.85. The van der Waals surface area contributed by atoms with Crippen molar-refractivity contribution in [1.29, 1.82) is 5.41 Å². The van der Waals surface area contributed by atoms with Crippen LogP contribution in [-0.2, 0) is 4.74 Å². The van der Waals surface area contributed by atoms with Gasteiger partial charge in [-0.3, -0.25) is 10.4 Å². The van der Waals surface area contributed by atoms with Gasteiger partial charge in [0.2, 0.25) is 5.90 Å². The first-order valence-corrected chi connectivity index (χ1v) is 3.32. The van der Waals surface area contributed by atoms with Gasteiger partial charge in [0.25, 0.3) is 0 Å². The summed E-state index contributed by atoms with van der Waals surface area (Å²) in [7, 11) is 0. The van der Waals surface area contributed by atoms with E-state index in [1.54, 1.807) is 6.20 Å². The standard InChI is InChI=1S/C7H9N3O/c1-2-11-7(8)6-5-9-3-4-10-6/h3-5,8H,2H2,1H3. The number of ether oxygens (including phenoxy) is 1. The minimum Gasteiger partial charge on any atom is -0.477 e. The Hall–Kier alpha value is -1.45. The van der Waals surface area contributed by atoms with E-state index in [1.807, 2.05) is 6.92 Å². The Labute approximate surface area is 64.8 Å². The average Bonchev–Trinajstić information content (AvgIpc) is 2.07. The van der Waals surface area contributed by atoms with Gasteiger partial charge in [0.1, 0.15) is 5.69 Å². The molecule has 0 spiro atoms. The lowest BCUT2D eigenvalue weighted by molar-refractivity contribution is 0.324. The van der Waals surface area contributed by atoms with Crippen molar-refractivity contribution in [3.8, 4) is 0 Å². The Bertz CT molecular complexity index is 235. The molecule has 1 aromatic rings. The highest BCUT2D eigenvalue weighted by molar-refractivity contribution is 5.88. The van der Waals surface area contributed by atoms with E-state index in [0.717, 1.165) is 0 Å². The first-order chi connectivity index (χ1) is 5.34. The normalized spacial score (nSPS) is 9.18. The lowest BCUT2D eigenvalue weighted by Crippen LogP contribution is -2.06. The maximum Gasteiger partial charge on any atom is 0.234 e. The zero-order valence-corrected chi connectivity index (χ0v) is 6.24. The average molecular weight is 151 g/mol. The van der Waals surface area contributed by atoms with Crippen LogP contribution >= 0.6 is 0 Å². The summed E-state index contributed by atoms with van der Waals surface area (Å²) in [6, 6.07) is 0. The lowest BCUT2D eigenvalue weighted by atomic mass is 10.4. The first kappa shape index (κ1) is 7.65. The summed E-state index contributed by atoms with van der Waals surface area (Å²) < 4.78 is 4.91. The summed E-state index contributed by atoms with van der Waals surface area (Å²) in [5.74, 6) is 0.0700. The summed E-state index contributed by atoms with van der Waals surface area (Å²) in [6.07, 6.45) is 4.59. The molecular formula is C7H9N3O. The molecule has 0 aromatic carbocycles. The van der Waals surface area contributed by atoms with Crippen LogP contribution in [0.25, 0.3) is 0 Å². The molecule has 0 bridgehead atoms. The van der Waals surface area contributed by atoms with Crippen LogP contribution in [0, 0.1) is 5.41 Å². The molecule has 0 saturated carbocycles. The molecule has 0 radical (unpaired) electrons. The summed E-state index contributed by atoms with van der Waals surface area (Å²) in [5, 5.41) is 7.30. The second-order valence-electron chi connectivity index (χ2n) is 1.85. The van der Waals surface area contributed by atoms with Gasteiger partial charge in [0, 0.05) is 12.4 Å². The quantitative estimate of drug-likeness (QED) is 0.503. The molecule has 4 heteroatoms. The summed E-state index contributed by atoms with van der Waals surface area (Å²) in [4.78, 5) is 7.69. The van der Waals surface area contributed by atoms with Gasteiger partial charge in [-0.05, 0) is 6.92 Å². The highest BCUT2D eigenvalue weighted by Gasteiger charge is 2.00. The minimum atomic E-state index is 0.0700. The molecule has 0 aliphatic heterocycles. The third-order valence-electron chi connectivity index (χ3n) is 1.08. The summed E-state index contributed by atoms with van der Waals surface area (Å²) in [5.41, 5.74) is 0.467. The molecule has 0 aliphatic carbocycles. The van der Waals surface area contributed by atoms with Gasteiger partial charge >= 0.3 is 0 Å². The van der Waals surface area contributed by atoms with Crippen LogP contribution in [0.4, 0.5) is 0 Å². The van der Waals surface area contributed by atoms with Crippen molar-refractivity contribution in [1.82, 2.24) is 9.97 Å².